The summed E-state index contributed by atoms with van der Waals surface area (Å²) in [5.41, 5.74) is 2.32. The number of hydrogen-bond donors (Lipinski definition) is 2. The Morgan fingerprint density at radius 2 is 1.40 bits per heavy atom. The Morgan fingerprint density at radius 3 is 2.22 bits per heavy atom. The minimum atomic E-state index is -0.469. The number of nitrogens with zero attached hydrogens (tertiary/aromatic N) is 4. The number of hydrogen-bond acceptors (Lipinski definition) is 8. The number of carbonyl (C=O) groups excluding carboxylic acids is 2. The molecule has 4 heterocycles. The molecule has 0 radical (unpaired) electrons. The van der Waals surface area contributed by atoms with E-state index in [-0.39, 0.29) is 23.0 Å². The molecule has 2 N–H and O–H groups in total. The molecule has 0 spiro atoms. The number of amides is 2. The second-order valence-corrected chi connectivity index (χ2v) is 11.9. The third-order valence-corrected chi connectivity index (χ3v) is 8.63. The van der Waals surface area contributed by atoms with Crippen molar-refractivity contribution in [2.75, 3.05) is 31.5 Å². The summed E-state index contributed by atoms with van der Waals surface area (Å²) in [6.07, 6.45) is 5.55. The molecule has 0 unspecified atom stereocenters. The number of pyridine rings is 2. The van der Waals surface area contributed by atoms with Crippen LogP contribution in [0.15, 0.2) is 131 Å². The molecular weight excluding hydrogens is 628 g/mol. The topological polar surface area (TPSA) is 130 Å². The second-order valence-electron chi connectivity index (χ2n) is 11.9. The van der Waals surface area contributed by atoms with E-state index in [0.717, 1.165) is 46.7 Å². The van der Waals surface area contributed by atoms with Crippen molar-refractivity contribution in [1.82, 2.24) is 25.2 Å². The van der Waals surface area contributed by atoms with Gasteiger partial charge in [-0.15, -0.1) is 0 Å². The van der Waals surface area contributed by atoms with E-state index in [1.807, 2.05) is 78.9 Å². The van der Waals surface area contributed by atoms with Crippen molar-refractivity contribution in [3.63, 3.8) is 0 Å². The van der Waals surface area contributed by atoms with Gasteiger partial charge < -0.3 is 20.0 Å². The summed E-state index contributed by atoms with van der Waals surface area (Å²) in [5.74, 6) is -0.226. The SMILES string of the molecule is O=C(NCCN1CCCC1)c1ncccc1NC(=O)c1cccc2ccccc12.O=c1oc(-c2cccc3ccccc23)nc2cccnc12. The van der Waals surface area contributed by atoms with E-state index >= 15 is 0 Å². The van der Waals surface area contributed by atoms with Crippen LogP contribution in [0.25, 0.3) is 44.0 Å². The van der Waals surface area contributed by atoms with E-state index in [1.54, 1.807) is 42.7 Å². The van der Waals surface area contributed by atoms with Crippen molar-refractivity contribution in [3.8, 4) is 11.5 Å². The molecule has 0 saturated carbocycles. The van der Waals surface area contributed by atoms with E-state index in [0.29, 0.717) is 29.2 Å². The van der Waals surface area contributed by atoms with Crippen LogP contribution in [0.3, 0.4) is 0 Å². The number of rotatable bonds is 7. The van der Waals surface area contributed by atoms with Crippen LogP contribution < -0.4 is 16.3 Å². The second kappa shape index (κ2) is 14.9. The van der Waals surface area contributed by atoms with Crippen LogP contribution in [-0.4, -0.2) is 57.8 Å². The fourth-order valence-corrected chi connectivity index (χ4v) is 6.16. The van der Waals surface area contributed by atoms with Crippen LogP contribution in [0.2, 0.25) is 0 Å². The van der Waals surface area contributed by atoms with Crippen molar-refractivity contribution in [2.24, 2.45) is 0 Å². The van der Waals surface area contributed by atoms with Gasteiger partial charge in [-0.1, -0.05) is 72.8 Å². The number of aromatic nitrogens is 3. The van der Waals surface area contributed by atoms with E-state index in [9.17, 15) is 14.4 Å². The van der Waals surface area contributed by atoms with Gasteiger partial charge in [0.05, 0.1) is 5.69 Å². The molecule has 1 aliphatic rings. The lowest BCUT2D eigenvalue weighted by atomic mass is 10.0. The van der Waals surface area contributed by atoms with E-state index in [4.69, 9.17) is 4.42 Å². The lowest BCUT2D eigenvalue weighted by Crippen LogP contribution is -2.34. The molecule has 3 aromatic heterocycles. The molecule has 8 rings (SSSR count). The fraction of sp³-hybridized carbons (Fsp3) is 0.150. The van der Waals surface area contributed by atoms with Crippen molar-refractivity contribution in [3.05, 3.63) is 143 Å². The normalized spacial score (nSPS) is 12.8. The molecule has 1 aliphatic heterocycles. The van der Waals surface area contributed by atoms with Crippen molar-refractivity contribution in [2.45, 2.75) is 12.8 Å². The lowest BCUT2D eigenvalue weighted by Gasteiger charge is -2.15. The molecule has 248 valence electrons. The molecule has 50 heavy (non-hydrogen) atoms. The lowest BCUT2D eigenvalue weighted by molar-refractivity contribution is 0.0945. The number of anilines is 1. The maximum Gasteiger partial charge on any atom is 0.365 e. The minimum Gasteiger partial charge on any atom is -0.402 e. The minimum absolute atomic E-state index is 0.225. The Hall–Kier alpha value is -6.26. The molecule has 10 nitrogen and oxygen atoms in total. The number of likely N-dealkylation sites (tertiary alicyclic amines) is 1. The number of fused-ring (bicyclic) bond motifs is 3. The predicted molar refractivity (Wildman–Crippen MR) is 195 cm³/mol. The molecule has 1 saturated heterocycles. The zero-order chi connectivity index (χ0) is 34.3. The van der Waals surface area contributed by atoms with Gasteiger partial charge in [-0.3, -0.25) is 9.59 Å². The van der Waals surface area contributed by atoms with Crippen LogP contribution in [-0.2, 0) is 0 Å². The van der Waals surface area contributed by atoms with Crippen LogP contribution >= 0.6 is 0 Å². The van der Waals surface area contributed by atoms with Crippen LogP contribution in [0.1, 0.15) is 33.7 Å². The summed E-state index contributed by atoms with van der Waals surface area (Å²) in [6, 6.07) is 34.0. The quantitative estimate of drug-likeness (QED) is 0.193. The summed E-state index contributed by atoms with van der Waals surface area (Å²) in [4.78, 5) is 52.5. The van der Waals surface area contributed by atoms with Crippen molar-refractivity contribution in [1.29, 1.82) is 0 Å². The first-order chi connectivity index (χ1) is 24.5. The zero-order valence-corrected chi connectivity index (χ0v) is 27.2. The Balaban J connectivity index is 0.000000165. The fourth-order valence-electron chi connectivity index (χ4n) is 6.16. The monoisotopic (exact) mass is 662 g/mol. The van der Waals surface area contributed by atoms with Gasteiger partial charge in [0.25, 0.3) is 11.8 Å². The number of benzene rings is 4. The zero-order valence-electron chi connectivity index (χ0n) is 27.2. The molecule has 7 aromatic rings. The summed E-state index contributed by atoms with van der Waals surface area (Å²) in [6.45, 7) is 3.57. The maximum absolute atomic E-state index is 12.9. The Kier molecular flexibility index (Phi) is 9.61. The van der Waals surface area contributed by atoms with Crippen molar-refractivity contribution < 1.29 is 14.0 Å². The van der Waals surface area contributed by atoms with Gasteiger partial charge in [-0.25, -0.2) is 19.7 Å². The highest BCUT2D eigenvalue weighted by atomic mass is 16.4. The average molecular weight is 663 g/mol. The first kappa shape index (κ1) is 32.3. The van der Waals surface area contributed by atoms with Crippen molar-refractivity contribution >= 4 is 50.1 Å². The third-order valence-electron chi connectivity index (χ3n) is 8.63. The molecule has 1 fully saturated rings. The van der Waals surface area contributed by atoms with Crippen LogP contribution in [0, 0.1) is 0 Å². The Morgan fingerprint density at radius 1 is 0.720 bits per heavy atom. The standard InChI is InChI=1S/C23H24N4O2.C17H10N2O2/c28-22(19-10-5-8-17-7-1-2-9-18(17)19)26-20-11-6-12-24-21(20)23(29)25-13-16-27-14-3-4-15-27;20-17-15-14(9-4-10-18-15)19-16(21-17)13-8-3-6-11-5-1-2-7-12(11)13/h1-2,5-12H,3-4,13-16H2,(H,25,29)(H,26,28);1-10H. The summed E-state index contributed by atoms with van der Waals surface area (Å²) in [7, 11) is 0. The van der Waals surface area contributed by atoms with Gasteiger partial charge in [0.2, 0.25) is 5.89 Å². The van der Waals surface area contributed by atoms with E-state index in [2.05, 4.69) is 30.5 Å². The van der Waals surface area contributed by atoms with Gasteiger partial charge in [-0.2, -0.15) is 0 Å². The highest BCUT2D eigenvalue weighted by molar-refractivity contribution is 6.14. The van der Waals surface area contributed by atoms with Gasteiger partial charge >= 0.3 is 5.63 Å². The highest BCUT2D eigenvalue weighted by Gasteiger charge is 2.18. The largest absolute Gasteiger partial charge is 0.402 e. The molecule has 2 amide bonds. The molecule has 0 bridgehead atoms. The van der Waals surface area contributed by atoms with Gasteiger partial charge in [0, 0.05) is 36.6 Å². The van der Waals surface area contributed by atoms with E-state index in [1.165, 1.54) is 12.8 Å². The predicted octanol–water partition coefficient (Wildman–Crippen LogP) is 6.72. The number of nitrogens with one attached hydrogen (secondary N) is 2. The Bertz CT molecular complexity index is 2370. The van der Waals surface area contributed by atoms with Gasteiger partial charge in [-0.05, 0) is 83.9 Å². The smallest absolute Gasteiger partial charge is 0.365 e. The summed E-state index contributed by atoms with van der Waals surface area (Å²) < 4.78 is 5.36. The summed E-state index contributed by atoms with van der Waals surface area (Å²) in [5, 5.41) is 9.71. The van der Waals surface area contributed by atoms with Gasteiger partial charge in [0.1, 0.15) is 5.52 Å². The Labute approximate surface area is 287 Å². The van der Waals surface area contributed by atoms with E-state index < -0.39 is 5.63 Å². The maximum atomic E-state index is 12.9. The first-order valence-corrected chi connectivity index (χ1v) is 16.5. The molecule has 10 heteroatoms. The molecular formula is C40H34N6O4. The number of carbonyl (C=O) groups is 2. The summed E-state index contributed by atoms with van der Waals surface area (Å²) >= 11 is 0. The average Bonchev–Trinajstić information content (AvgIpc) is 3.68. The third kappa shape index (κ3) is 7.11. The molecule has 0 aliphatic carbocycles. The molecule has 4 aromatic carbocycles. The van der Waals surface area contributed by atoms with Gasteiger partial charge in [0.15, 0.2) is 11.2 Å². The highest BCUT2D eigenvalue weighted by Crippen LogP contribution is 2.27. The molecule has 0 atom stereocenters. The van der Waals surface area contributed by atoms with Crippen LogP contribution in [0.4, 0.5) is 5.69 Å². The first-order valence-electron chi connectivity index (χ1n) is 16.5. The van der Waals surface area contributed by atoms with Crippen LogP contribution in [0.5, 0.6) is 0 Å².